The lowest BCUT2D eigenvalue weighted by molar-refractivity contribution is 0.137. The molecule has 1 unspecified atom stereocenters. The average Bonchev–Trinajstić information content (AvgIpc) is 2.73. The van der Waals surface area contributed by atoms with Gasteiger partial charge in [-0.1, -0.05) is 26.2 Å². The van der Waals surface area contributed by atoms with Gasteiger partial charge in [0.05, 0.1) is 25.0 Å². The van der Waals surface area contributed by atoms with Gasteiger partial charge < -0.3 is 4.74 Å². The van der Waals surface area contributed by atoms with Crippen LogP contribution in [0, 0.1) is 5.41 Å². The van der Waals surface area contributed by atoms with Crippen LogP contribution in [0.15, 0.2) is 6.20 Å². The smallest absolute Gasteiger partial charge is 0.161 e. The summed E-state index contributed by atoms with van der Waals surface area (Å²) in [4.78, 5) is 0. The summed E-state index contributed by atoms with van der Waals surface area (Å²) in [7, 11) is 3.62. The highest BCUT2D eigenvalue weighted by atomic mass is 16.5. The molecule has 5 nitrogen and oxygen atoms in total. The molecule has 0 saturated heterocycles. The van der Waals surface area contributed by atoms with Gasteiger partial charge in [0.25, 0.3) is 0 Å². The van der Waals surface area contributed by atoms with Crippen molar-refractivity contribution in [2.45, 2.75) is 45.1 Å². The summed E-state index contributed by atoms with van der Waals surface area (Å²) in [5, 5.41) is 4.28. The zero-order valence-corrected chi connectivity index (χ0v) is 11.6. The van der Waals surface area contributed by atoms with E-state index in [1.807, 2.05) is 11.7 Å². The topological polar surface area (TPSA) is 65.1 Å². The molecule has 1 aromatic heterocycles. The maximum atomic E-state index is 5.83. The van der Waals surface area contributed by atoms with E-state index in [1.54, 1.807) is 13.3 Å². The van der Waals surface area contributed by atoms with E-state index in [9.17, 15) is 0 Å². The van der Waals surface area contributed by atoms with Crippen LogP contribution in [-0.4, -0.2) is 16.9 Å². The number of aromatic nitrogens is 2. The third kappa shape index (κ3) is 2.24. The quantitative estimate of drug-likeness (QED) is 0.634. The molecule has 0 bridgehead atoms. The van der Waals surface area contributed by atoms with Crippen LogP contribution >= 0.6 is 0 Å². The summed E-state index contributed by atoms with van der Waals surface area (Å²) in [6, 6.07) is 0.0836. The van der Waals surface area contributed by atoms with Crippen molar-refractivity contribution in [3.63, 3.8) is 0 Å². The second kappa shape index (κ2) is 5.28. The molecular formula is C13H24N4O. The molecule has 102 valence electrons. The molecule has 18 heavy (non-hydrogen) atoms. The Morgan fingerprint density at radius 2 is 2.11 bits per heavy atom. The number of aryl methyl sites for hydroxylation is 1. The second-order valence-corrected chi connectivity index (χ2v) is 5.54. The zero-order valence-electron chi connectivity index (χ0n) is 11.6. The van der Waals surface area contributed by atoms with Crippen LogP contribution in [0.1, 0.15) is 50.8 Å². The Balaban J connectivity index is 2.34. The molecule has 1 aliphatic rings. The van der Waals surface area contributed by atoms with E-state index >= 15 is 0 Å². The molecular weight excluding hydrogens is 228 g/mol. The van der Waals surface area contributed by atoms with E-state index in [-0.39, 0.29) is 11.5 Å². The van der Waals surface area contributed by atoms with Gasteiger partial charge in [-0.3, -0.25) is 16.0 Å². The van der Waals surface area contributed by atoms with E-state index in [0.717, 1.165) is 11.4 Å². The standard InChI is InChI=1S/C13H24N4O/c1-13(7-5-4-6-8-13)12(16-14)11-10(18-3)9-15-17(11)2/h9,12,16H,4-8,14H2,1-3H3. The molecule has 0 radical (unpaired) electrons. The Morgan fingerprint density at radius 3 is 2.67 bits per heavy atom. The normalized spacial score (nSPS) is 20.7. The summed E-state index contributed by atoms with van der Waals surface area (Å²) in [5.74, 6) is 6.64. The molecule has 1 atom stereocenters. The van der Waals surface area contributed by atoms with Crippen LogP contribution < -0.4 is 16.0 Å². The van der Waals surface area contributed by atoms with Crippen LogP contribution in [0.25, 0.3) is 0 Å². The molecule has 0 spiro atoms. The van der Waals surface area contributed by atoms with E-state index in [0.29, 0.717) is 0 Å². The minimum Gasteiger partial charge on any atom is -0.493 e. The Labute approximate surface area is 109 Å². The number of ether oxygens (including phenoxy) is 1. The van der Waals surface area contributed by atoms with Crippen molar-refractivity contribution in [2.24, 2.45) is 18.3 Å². The highest BCUT2D eigenvalue weighted by Gasteiger charge is 2.39. The number of methoxy groups -OCH3 is 1. The van der Waals surface area contributed by atoms with Gasteiger partial charge in [0, 0.05) is 7.05 Å². The van der Waals surface area contributed by atoms with Gasteiger partial charge in [-0.05, 0) is 18.3 Å². The van der Waals surface area contributed by atoms with Crippen molar-refractivity contribution in [1.29, 1.82) is 0 Å². The lowest BCUT2D eigenvalue weighted by Crippen LogP contribution is -2.42. The third-order valence-electron chi connectivity index (χ3n) is 4.30. The highest BCUT2D eigenvalue weighted by molar-refractivity contribution is 5.29. The largest absolute Gasteiger partial charge is 0.493 e. The third-order valence-corrected chi connectivity index (χ3v) is 4.30. The van der Waals surface area contributed by atoms with Gasteiger partial charge in [-0.15, -0.1) is 0 Å². The second-order valence-electron chi connectivity index (χ2n) is 5.54. The number of hydrogen-bond donors (Lipinski definition) is 2. The number of hydrogen-bond acceptors (Lipinski definition) is 4. The predicted octanol–water partition coefficient (Wildman–Crippen LogP) is 1.90. The van der Waals surface area contributed by atoms with Crippen molar-refractivity contribution in [1.82, 2.24) is 15.2 Å². The summed E-state index contributed by atoms with van der Waals surface area (Å²) in [6.07, 6.45) is 8.01. The van der Waals surface area contributed by atoms with Crippen LogP contribution in [0.5, 0.6) is 5.75 Å². The van der Waals surface area contributed by atoms with Crippen LogP contribution in [0.2, 0.25) is 0 Å². The van der Waals surface area contributed by atoms with Crippen LogP contribution in [0.3, 0.4) is 0 Å². The van der Waals surface area contributed by atoms with E-state index in [1.165, 1.54) is 32.1 Å². The molecule has 0 aliphatic heterocycles. The molecule has 1 fully saturated rings. The summed E-state index contributed by atoms with van der Waals surface area (Å²) < 4.78 is 7.27. The van der Waals surface area contributed by atoms with Crippen LogP contribution in [0.4, 0.5) is 0 Å². The molecule has 1 heterocycles. The van der Waals surface area contributed by atoms with Gasteiger partial charge in [0.2, 0.25) is 0 Å². The first-order chi connectivity index (χ1) is 8.62. The summed E-state index contributed by atoms with van der Waals surface area (Å²) >= 11 is 0. The minimum absolute atomic E-state index is 0.0836. The Kier molecular flexibility index (Phi) is 3.92. The molecule has 5 heteroatoms. The number of nitrogens with two attached hydrogens (primary N) is 1. The van der Waals surface area contributed by atoms with E-state index < -0.39 is 0 Å². The van der Waals surface area contributed by atoms with Gasteiger partial charge in [0.15, 0.2) is 5.75 Å². The minimum atomic E-state index is 0.0836. The fourth-order valence-electron chi connectivity index (χ4n) is 3.17. The molecule has 1 aliphatic carbocycles. The molecule has 1 saturated carbocycles. The highest BCUT2D eigenvalue weighted by Crippen LogP contribution is 2.46. The number of nitrogens with one attached hydrogen (secondary N) is 1. The number of hydrazine groups is 1. The van der Waals surface area contributed by atoms with Gasteiger partial charge in [-0.2, -0.15) is 5.10 Å². The summed E-state index contributed by atoms with van der Waals surface area (Å²) in [6.45, 7) is 2.31. The first-order valence-corrected chi connectivity index (χ1v) is 6.64. The number of rotatable bonds is 4. The average molecular weight is 252 g/mol. The van der Waals surface area contributed by atoms with Crippen LogP contribution in [-0.2, 0) is 7.05 Å². The van der Waals surface area contributed by atoms with E-state index in [4.69, 9.17) is 10.6 Å². The van der Waals surface area contributed by atoms with Gasteiger partial charge in [-0.25, -0.2) is 0 Å². The SMILES string of the molecule is COc1cnn(C)c1C(NN)C1(C)CCCCC1. The molecule has 0 aromatic carbocycles. The maximum Gasteiger partial charge on any atom is 0.161 e. The van der Waals surface area contributed by atoms with Gasteiger partial charge in [0.1, 0.15) is 0 Å². The van der Waals surface area contributed by atoms with E-state index in [2.05, 4.69) is 17.4 Å². The molecule has 1 aromatic rings. The fourth-order valence-corrected chi connectivity index (χ4v) is 3.17. The lowest BCUT2D eigenvalue weighted by Gasteiger charge is -2.40. The van der Waals surface area contributed by atoms with Crippen molar-refractivity contribution in [3.05, 3.63) is 11.9 Å². The Bertz CT molecular complexity index is 396. The number of nitrogens with zero attached hydrogens (tertiary/aromatic N) is 2. The fraction of sp³-hybridized carbons (Fsp3) is 0.769. The summed E-state index contributed by atoms with van der Waals surface area (Å²) in [5.41, 5.74) is 4.21. The van der Waals surface area contributed by atoms with Crippen molar-refractivity contribution in [3.8, 4) is 5.75 Å². The molecule has 0 amide bonds. The van der Waals surface area contributed by atoms with Crippen molar-refractivity contribution in [2.75, 3.05) is 7.11 Å². The molecule has 3 N–H and O–H groups in total. The first-order valence-electron chi connectivity index (χ1n) is 6.64. The zero-order chi connectivity index (χ0) is 13.2. The van der Waals surface area contributed by atoms with Gasteiger partial charge >= 0.3 is 0 Å². The van der Waals surface area contributed by atoms with Crippen molar-refractivity contribution < 1.29 is 4.74 Å². The van der Waals surface area contributed by atoms with Crippen molar-refractivity contribution >= 4 is 0 Å². The predicted molar refractivity (Wildman–Crippen MR) is 71.0 cm³/mol. The Hall–Kier alpha value is -1.07. The lowest BCUT2D eigenvalue weighted by atomic mass is 9.69. The Morgan fingerprint density at radius 1 is 1.44 bits per heavy atom. The molecule has 2 rings (SSSR count). The first kappa shape index (κ1) is 13.4. The maximum absolute atomic E-state index is 5.83. The monoisotopic (exact) mass is 252 g/mol.